The molecule has 7 nitrogen and oxygen atoms in total. The molecule has 24 heavy (non-hydrogen) atoms. The Labute approximate surface area is 141 Å². The monoisotopic (exact) mass is 333 g/mol. The summed E-state index contributed by atoms with van der Waals surface area (Å²) in [5.74, 6) is -1.57. The highest BCUT2D eigenvalue weighted by atomic mass is 16.5. The van der Waals surface area contributed by atoms with Crippen LogP contribution in [0, 0.1) is 5.92 Å². The molecule has 2 rings (SSSR count). The van der Waals surface area contributed by atoms with Gasteiger partial charge in [-0.1, -0.05) is 0 Å². The normalized spacial score (nSPS) is 17.2. The fourth-order valence-electron chi connectivity index (χ4n) is 2.63. The summed E-state index contributed by atoms with van der Waals surface area (Å²) in [5.41, 5.74) is 6.65. The molecular formula is C17H23N3O4. The molecule has 7 heteroatoms. The van der Waals surface area contributed by atoms with Crippen molar-refractivity contribution in [1.82, 2.24) is 4.90 Å². The molecule has 1 heterocycles. The highest BCUT2D eigenvalue weighted by Crippen LogP contribution is 2.16. The van der Waals surface area contributed by atoms with Gasteiger partial charge < -0.3 is 20.3 Å². The average Bonchev–Trinajstić information content (AvgIpc) is 2.59. The Balaban J connectivity index is 1.86. The molecule has 1 aromatic rings. The lowest BCUT2D eigenvalue weighted by Crippen LogP contribution is -2.45. The highest BCUT2D eigenvalue weighted by Gasteiger charge is 2.27. The van der Waals surface area contributed by atoms with E-state index in [1.54, 1.807) is 24.3 Å². The number of likely N-dealkylation sites (tertiary alicyclic amines) is 1. The van der Waals surface area contributed by atoms with Crippen LogP contribution in [0.25, 0.3) is 0 Å². The minimum atomic E-state index is -0.544. The van der Waals surface area contributed by atoms with Gasteiger partial charge in [0.15, 0.2) is 6.61 Å². The third-order valence-electron chi connectivity index (χ3n) is 4.12. The van der Waals surface area contributed by atoms with Gasteiger partial charge in [-0.2, -0.15) is 0 Å². The maximum absolute atomic E-state index is 12.1. The SMILES string of the molecule is CN(C)c1ccc(C(=O)OCC(=O)N2CCC[C@@H](C(N)=O)C2)cc1. The minimum Gasteiger partial charge on any atom is -0.452 e. The predicted octanol–water partition coefficient (Wildman–Crippen LogP) is 0.633. The number of piperidine rings is 1. The van der Waals surface area contributed by atoms with Crippen LogP contribution in [0.15, 0.2) is 24.3 Å². The minimum absolute atomic E-state index is 0.295. The Hall–Kier alpha value is -2.57. The van der Waals surface area contributed by atoms with Crippen LogP contribution in [0.3, 0.4) is 0 Å². The van der Waals surface area contributed by atoms with Gasteiger partial charge >= 0.3 is 5.97 Å². The Kier molecular flexibility index (Phi) is 5.78. The van der Waals surface area contributed by atoms with Crippen LogP contribution < -0.4 is 10.6 Å². The van der Waals surface area contributed by atoms with Crippen molar-refractivity contribution < 1.29 is 19.1 Å². The van der Waals surface area contributed by atoms with Gasteiger partial charge in [-0.3, -0.25) is 9.59 Å². The van der Waals surface area contributed by atoms with Gasteiger partial charge in [0, 0.05) is 32.9 Å². The molecule has 130 valence electrons. The average molecular weight is 333 g/mol. The lowest BCUT2D eigenvalue weighted by Gasteiger charge is -2.31. The second kappa shape index (κ2) is 7.81. The first-order valence-corrected chi connectivity index (χ1v) is 7.90. The van der Waals surface area contributed by atoms with Crippen LogP contribution in [-0.2, 0) is 14.3 Å². The molecule has 1 aliphatic heterocycles. The number of hydrogen-bond acceptors (Lipinski definition) is 5. The Bertz CT molecular complexity index is 613. The van der Waals surface area contributed by atoms with Gasteiger partial charge in [0.05, 0.1) is 11.5 Å². The van der Waals surface area contributed by atoms with Crippen molar-refractivity contribution in [2.45, 2.75) is 12.8 Å². The molecule has 0 aromatic heterocycles. The topological polar surface area (TPSA) is 92.9 Å². The number of amides is 2. The van der Waals surface area contributed by atoms with Crippen LogP contribution in [0.5, 0.6) is 0 Å². The van der Waals surface area contributed by atoms with Crippen molar-refractivity contribution in [1.29, 1.82) is 0 Å². The van der Waals surface area contributed by atoms with Crippen LogP contribution >= 0.6 is 0 Å². The van der Waals surface area contributed by atoms with Gasteiger partial charge in [-0.25, -0.2) is 4.79 Å². The number of benzene rings is 1. The lowest BCUT2D eigenvalue weighted by atomic mass is 9.97. The van der Waals surface area contributed by atoms with Crippen molar-refractivity contribution in [2.24, 2.45) is 11.7 Å². The second-order valence-corrected chi connectivity index (χ2v) is 6.10. The van der Waals surface area contributed by atoms with Crippen LogP contribution in [-0.4, -0.2) is 56.5 Å². The number of nitrogens with zero attached hydrogens (tertiary/aromatic N) is 2. The fourth-order valence-corrected chi connectivity index (χ4v) is 2.63. The maximum atomic E-state index is 12.1. The zero-order chi connectivity index (χ0) is 17.7. The van der Waals surface area contributed by atoms with Crippen LogP contribution in [0.4, 0.5) is 5.69 Å². The van der Waals surface area contributed by atoms with E-state index in [2.05, 4.69) is 0 Å². The maximum Gasteiger partial charge on any atom is 0.338 e. The molecule has 2 amide bonds. The number of ether oxygens (including phenoxy) is 1. The van der Waals surface area contributed by atoms with E-state index in [4.69, 9.17) is 10.5 Å². The number of nitrogens with two attached hydrogens (primary N) is 1. The van der Waals surface area contributed by atoms with Gasteiger partial charge in [0.2, 0.25) is 5.91 Å². The van der Waals surface area contributed by atoms with Crippen molar-refractivity contribution >= 4 is 23.5 Å². The van der Waals surface area contributed by atoms with Gasteiger partial charge in [-0.05, 0) is 37.1 Å². The summed E-state index contributed by atoms with van der Waals surface area (Å²) in [6.07, 6.45) is 1.41. The summed E-state index contributed by atoms with van der Waals surface area (Å²) in [6, 6.07) is 6.93. The number of carbonyl (C=O) groups is 3. The number of anilines is 1. The predicted molar refractivity (Wildman–Crippen MR) is 89.5 cm³/mol. The van der Waals surface area contributed by atoms with Crippen molar-refractivity contribution in [3.05, 3.63) is 29.8 Å². The first kappa shape index (κ1) is 17.8. The molecule has 1 atom stereocenters. The molecule has 0 saturated carbocycles. The van der Waals surface area contributed by atoms with E-state index >= 15 is 0 Å². The standard InChI is InChI=1S/C17H23N3O4/c1-19(2)14-7-5-12(6-8-14)17(23)24-11-15(21)20-9-3-4-13(10-20)16(18)22/h5-8,13H,3-4,9-11H2,1-2H3,(H2,18,22)/t13-/m1/s1. The summed E-state index contributed by atoms with van der Waals surface area (Å²) in [4.78, 5) is 38.8. The lowest BCUT2D eigenvalue weighted by molar-refractivity contribution is -0.137. The van der Waals surface area contributed by atoms with Crippen LogP contribution in [0.2, 0.25) is 0 Å². The second-order valence-electron chi connectivity index (χ2n) is 6.10. The third-order valence-corrected chi connectivity index (χ3v) is 4.12. The van der Waals surface area contributed by atoms with E-state index in [1.165, 1.54) is 4.90 Å². The zero-order valence-electron chi connectivity index (χ0n) is 14.0. The number of esters is 1. The third kappa shape index (κ3) is 4.47. The van der Waals surface area contributed by atoms with E-state index < -0.39 is 11.9 Å². The molecule has 1 fully saturated rings. The van der Waals surface area contributed by atoms with E-state index in [1.807, 2.05) is 19.0 Å². The Morgan fingerprint density at radius 3 is 2.50 bits per heavy atom. The first-order chi connectivity index (χ1) is 11.4. The number of hydrogen-bond donors (Lipinski definition) is 1. The van der Waals surface area contributed by atoms with Gasteiger partial charge in [0.25, 0.3) is 5.91 Å². The molecule has 2 N–H and O–H groups in total. The van der Waals surface area contributed by atoms with E-state index in [0.717, 1.165) is 12.1 Å². The summed E-state index contributed by atoms with van der Waals surface area (Å²) in [7, 11) is 3.81. The molecule has 0 radical (unpaired) electrons. The smallest absolute Gasteiger partial charge is 0.338 e. The summed E-state index contributed by atoms with van der Waals surface area (Å²) in [6.45, 7) is 0.515. The molecule has 1 aliphatic rings. The molecule has 1 aromatic carbocycles. The molecule has 0 unspecified atom stereocenters. The quantitative estimate of drug-likeness (QED) is 0.798. The number of primary amides is 1. The summed E-state index contributed by atoms with van der Waals surface area (Å²) in [5, 5.41) is 0. The summed E-state index contributed by atoms with van der Waals surface area (Å²) < 4.78 is 5.08. The summed E-state index contributed by atoms with van der Waals surface area (Å²) >= 11 is 0. The molecular weight excluding hydrogens is 310 g/mol. The van der Waals surface area contributed by atoms with Crippen molar-refractivity contribution in [3.8, 4) is 0 Å². The zero-order valence-corrected chi connectivity index (χ0v) is 14.0. The Morgan fingerprint density at radius 2 is 1.92 bits per heavy atom. The number of rotatable bonds is 5. The van der Waals surface area contributed by atoms with Gasteiger partial charge in [-0.15, -0.1) is 0 Å². The fraction of sp³-hybridized carbons (Fsp3) is 0.471. The van der Waals surface area contributed by atoms with Crippen molar-refractivity contribution in [2.75, 3.05) is 38.7 Å². The van der Waals surface area contributed by atoms with E-state index in [-0.39, 0.29) is 18.4 Å². The van der Waals surface area contributed by atoms with Crippen LogP contribution in [0.1, 0.15) is 23.2 Å². The molecule has 1 saturated heterocycles. The highest BCUT2D eigenvalue weighted by molar-refractivity contribution is 5.91. The molecule has 0 aliphatic carbocycles. The largest absolute Gasteiger partial charge is 0.452 e. The molecule has 0 spiro atoms. The van der Waals surface area contributed by atoms with E-state index in [9.17, 15) is 14.4 Å². The van der Waals surface area contributed by atoms with E-state index in [0.29, 0.717) is 25.1 Å². The van der Waals surface area contributed by atoms with Gasteiger partial charge in [0.1, 0.15) is 0 Å². The Morgan fingerprint density at radius 1 is 1.25 bits per heavy atom. The van der Waals surface area contributed by atoms with Crippen molar-refractivity contribution in [3.63, 3.8) is 0 Å². The number of carbonyl (C=O) groups excluding carboxylic acids is 3. The molecule has 0 bridgehead atoms. The first-order valence-electron chi connectivity index (χ1n) is 7.90.